The van der Waals surface area contributed by atoms with Crippen molar-refractivity contribution < 1.29 is 14.4 Å². The molecule has 1 fully saturated rings. The van der Waals surface area contributed by atoms with Crippen LogP contribution in [0.3, 0.4) is 0 Å². The average Bonchev–Trinajstić information content (AvgIpc) is 2.77. The molecule has 4 amide bonds. The number of carbonyl (C=O) groups is 3. The van der Waals surface area contributed by atoms with Crippen LogP contribution in [0.2, 0.25) is 0 Å². The molecule has 0 aliphatic carbocycles. The van der Waals surface area contributed by atoms with Gasteiger partial charge in [0, 0.05) is 12.2 Å². The maximum atomic E-state index is 12.7. The van der Waals surface area contributed by atoms with E-state index >= 15 is 0 Å². The lowest BCUT2D eigenvalue weighted by Crippen LogP contribution is -2.44. The summed E-state index contributed by atoms with van der Waals surface area (Å²) in [7, 11) is 1.71. The topological polar surface area (TPSA) is 73.0 Å². The Hall–Kier alpha value is -2.41. The number of carbonyl (C=O) groups excluding carboxylic acids is 3. The molecule has 1 heterocycles. The van der Waals surface area contributed by atoms with Crippen LogP contribution in [0.15, 0.2) is 24.3 Å². The molecule has 0 radical (unpaired) electrons. The highest BCUT2D eigenvalue weighted by Gasteiger charge is 2.43. The molecule has 0 unspecified atom stereocenters. The summed E-state index contributed by atoms with van der Waals surface area (Å²) < 4.78 is 0. The molecule has 1 aliphatic heterocycles. The highest BCUT2D eigenvalue weighted by atomic mass is 16.2. The number of rotatable bonds is 7. The first kappa shape index (κ1) is 18.9. The second-order valence-electron chi connectivity index (χ2n) is 6.44. The van der Waals surface area contributed by atoms with Gasteiger partial charge in [-0.05, 0) is 39.4 Å². The van der Waals surface area contributed by atoms with E-state index < -0.39 is 6.04 Å². The Labute approximate surface area is 148 Å². The lowest BCUT2D eigenvalue weighted by molar-refractivity contribution is -0.129. The fourth-order valence-corrected chi connectivity index (χ4v) is 2.75. The molecule has 2 rings (SSSR count). The van der Waals surface area contributed by atoms with Crippen LogP contribution in [0.1, 0.15) is 25.8 Å². The quantitative estimate of drug-likeness (QED) is 0.761. The van der Waals surface area contributed by atoms with Crippen LogP contribution >= 0.6 is 0 Å². The van der Waals surface area contributed by atoms with Gasteiger partial charge in [-0.2, -0.15) is 0 Å². The van der Waals surface area contributed by atoms with Gasteiger partial charge in [0.2, 0.25) is 5.91 Å². The number of nitrogens with one attached hydrogen (secondary N) is 1. The molecule has 25 heavy (non-hydrogen) atoms. The third-order valence-corrected chi connectivity index (χ3v) is 4.13. The number of nitrogens with zero attached hydrogens (tertiary/aromatic N) is 3. The molecule has 7 nitrogen and oxygen atoms in total. The Morgan fingerprint density at radius 1 is 1.24 bits per heavy atom. The van der Waals surface area contributed by atoms with Gasteiger partial charge in [0.1, 0.15) is 6.04 Å². The van der Waals surface area contributed by atoms with E-state index in [9.17, 15) is 14.4 Å². The van der Waals surface area contributed by atoms with E-state index in [0.717, 1.165) is 12.0 Å². The molecule has 1 aromatic rings. The SMILES string of the molecule is CCCNC(=O)CN(C)CN1C(=O)[C@@H](C)N(c2ccc(C)cc2)C1=O. The number of amides is 4. The molecule has 1 aromatic carbocycles. The van der Waals surface area contributed by atoms with Gasteiger partial charge in [0.25, 0.3) is 5.91 Å². The number of hydrogen-bond donors (Lipinski definition) is 1. The zero-order valence-electron chi connectivity index (χ0n) is 15.3. The minimum Gasteiger partial charge on any atom is -0.355 e. The van der Waals surface area contributed by atoms with Crippen molar-refractivity contribution in [2.24, 2.45) is 0 Å². The number of urea groups is 1. The van der Waals surface area contributed by atoms with Crippen LogP contribution in [-0.4, -0.2) is 60.5 Å². The van der Waals surface area contributed by atoms with E-state index in [4.69, 9.17) is 0 Å². The summed E-state index contributed by atoms with van der Waals surface area (Å²) in [4.78, 5) is 41.3. The standard InChI is InChI=1S/C18H26N4O3/c1-5-10-19-16(23)11-20(4)12-21-17(24)14(3)22(18(21)25)15-8-6-13(2)7-9-15/h6-9,14H,5,10-12H2,1-4H3,(H,19,23)/t14-/m1/s1. The number of anilines is 1. The molecule has 1 N–H and O–H groups in total. The smallest absolute Gasteiger partial charge is 0.333 e. The molecule has 7 heteroatoms. The normalized spacial score (nSPS) is 17.6. The lowest BCUT2D eigenvalue weighted by atomic mass is 10.2. The molecular formula is C18H26N4O3. The van der Waals surface area contributed by atoms with Crippen LogP contribution in [0.5, 0.6) is 0 Å². The minimum absolute atomic E-state index is 0.0872. The number of aryl methyl sites for hydroxylation is 1. The molecule has 0 bridgehead atoms. The number of hydrogen-bond acceptors (Lipinski definition) is 4. The molecule has 1 saturated heterocycles. The first-order chi connectivity index (χ1) is 11.8. The largest absolute Gasteiger partial charge is 0.355 e. The predicted octanol–water partition coefficient (Wildman–Crippen LogP) is 1.57. The van der Waals surface area contributed by atoms with Crippen molar-refractivity contribution in [2.75, 3.05) is 31.7 Å². The molecule has 0 aromatic heterocycles. The van der Waals surface area contributed by atoms with Gasteiger partial charge in [0.05, 0.1) is 13.2 Å². The van der Waals surface area contributed by atoms with Gasteiger partial charge in [-0.25, -0.2) is 9.69 Å². The van der Waals surface area contributed by atoms with Crippen molar-refractivity contribution in [3.8, 4) is 0 Å². The van der Waals surface area contributed by atoms with Crippen LogP contribution < -0.4 is 10.2 Å². The third kappa shape index (κ3) is 4.36. The summed E-state index contributed by atoms with van der Waals surface area (Å²) in [5.41, 5.74) is 1.78. The summed E-state index contributed by atoms with van der Waals surface area (Å²) in [5.74, 6) is -0.377. The van der Waals surface area contributed by atoms with E-state index in [1.54, 1.807) is 18.9 Å². The Morgan fingerprint density at radius 3 is 2.48 bits per heavy atom. The van der Waals surface area contributed by atoms with Gasteiger partial charge in [-0.1, -0.05) is 24.6 Å². The first-order valence-corrected chi connectivity index (χ1v) is 8.51. The van der Waals surface area contributed by atoms with Crippen molar-refractivity contribution in [1.29, 1.82) is 0 Å². The number of imide groups is 1. The predicted molar refractivity (Wildman–Crippen MR) is 96.2 cm³/mol. The van der Waals surface area contributed by atoms with Gasteiger partial charge >= 0.3 is 6.03 Å². The second-order valence-corrected chi connectivity index (χ2v) is 6.44. The Bertz CT molecular complexity index is 644. The van der Waals surface area contributed by atoms with Crippen LogP contribution in [0.25, 0.3) is 0 Å². The molecule has 136 valence electrons. The maximum Gasteiger partial charge on any atom is 0.333 e. The highest BCUT2D eigenvalue weighted by molar-refractivity contribution is 6.14. The highest BCUT2D eigenvalue weighted by Crippen LogP contribution is 2.26. The summed E-state index contributed by atoms with van der Waals surface area (Å²) in [6.45, 7) is 6.50. The third-order valence-electron chi connectivity index (χ3n) is 4.13. The first-order valence-electron chi connectivity index (χ1n) is 8.51. The van der Waals surface area contributed by atoms with Gasteiger partial charge < -0.3 is 5.32 Å². The fraction of sp³-hybridized carbons (Fsp3) is 0.500. The van der Waals surface area contributed by atoms with E-state index in [-0.39, 0.29) is 31.1 Å². The van der Waals surface area contributed by atoms with Crippen molar-refractivity contribution in [2.45, 2.75) is 33.2 Å². The fourth-order valence-electron chi connectivity index (χ4n) is 2.75. The number of benzene rings is 1. The second kappa shape index (κ2) is 8.11. The Kier molecular flexibility index (Phi) is 6.14. The molecule has 0 saturated carbocycles. The van der Waals surface area contributed by atoms with Gasteiger partial charge in [0.15, 0.2) is 0 Å². The average molecular weight is 346 g/mol. The van der Waals surface area contributed by atoms with Crippen LogP contribution in [0, 0.1) is 6.92 Å². The van der Waals surface area contributed by atoms with Crippen molar-refractivity contribution in [3.05, 3.63) is 29.8 Å². The van der Waals surface area contributed by atoms with Crippen LogP contribution in [-0.2, 0) is 9.59 Å². The summed E-state index contributed by atoms with van der Waals surface area (Å²) in [6.07, 6.45) is 0.863. The summed E-state index contributed by atoms with van der Waals surface area (Å²) in [5, 5.41) is 2.78. The molecule has 0 spiro atoms. The summed E-state index contributed by atoms with van der Waals surface area (Å²) in [6, 6.07) is 6.57. The van der Waals surface area contributed by atoms with E-state index in [1.807, 2.05) is 38.1 Å². The lowest BCUT2D eigenvalue weighted by Gasteiger charge is -2.23. The van der Waals surface area contributed by atoms with E-state index in [2.05, 4.69) is 5.32 Å². The summed E-state index contributed by atoms with van der Waals surface area (Å²) >= 11 is 0. The molecule has 1 aliphatic rings. The minimum atomic E-state index is -0.558. The Morgan fingerprint density at radius 2 is 1.88 bits per heavy atom. The maximum absolute atomic E-state index is 12.7. The monoisotopic (exact) mass is 346 g/mol. The van der Waals surface area contributed by atoms with Crippen molar-refractivity contribution >= 4 is 23.5 Å². The van der Waals surface area contributed by atoms with Gasteiger partial charge in [-0.3, -0.25) is 19.4 Å². The van der Waals surface area contributed by atoms with Crippen molar-refractivity contribution in [3.63, 3.8) is 0 Å². The number of likely N-dealkylation sites (N-methyl/N-ethyl adjacent to an activating group) is 1. The molecule has 1 atom stereocenters. The Balaban J connectivity index is 2.04. The van der Waals surface area contributed by atoms with Crippen molar-refractivity contribution in [1.82, 2.24) is 15.1 Å². The van der Waals surface area contributed by atoms with Gasteiger partial charge in [-0.15, -0.1) is 0 Å². The van der Waals surface area contributed by atoms with Crippen LogP contribution in [0.4, 0.5) is 10.5 Å². The zero-order chi connectivity index (χ0) is 18.6. The van der Waals surface area contributed by atoms with E-state index in [1.165, 1.54) is 9.80 Å². The van der Waals surface area contributed by atoms with E-state index in [0.29, 0.717) is 12.2 Å². The molecular weight excluding hydrogens is 320 g/mol. The zero-order valence-corrected chi connectivity index (χ0v) is 15.3.